The van der Waals surface area contributed by atoms with Crippen LogP contribution < -0.4 is 5.73 Å². The van der Waals surface area contributed by atoms with Gasteiger partial charge >= 0.3 is 6.09 Å². The van der Waals surface area contributed by atoms with Crippen molar-refractivity contribution in [2.45, 2.75) is 45.8 Å². The van der Waals surface area contributed by atoms with Crippen LogP contribution in [0.5, 0.6) is 0 Å². The lowest BCUT2D eigenvalue weighted by atomic mass is 10.1. The topological polar surface area (TPSA) is 115 Å². The number of nitrogen functional groups attached to an aromatic ring is 1. The molecule has 174 valence electrons. The minimum Gasteiger partial charge on any atom is -0.444 e. The summed E-state index contributed by atoms with van der Waals surface area (Å²) in [6, 6.07) is 5.93. The van der Waals surface area contributed by atoms with E-state index in [2.05, 4.69) is 36.3 Å². The zero-order chi connectivity index (χ0) is 24.0. The lowest BCUT2D eigenvalue weighted by molar-refractivity contribution is 0.0289. The molecule has 34 heavy (non-hydrogen) atoms. The number of nitrogens with two attached hydrogens (primary N) is 1. The van der Waals surface area contributed by atoms with Crippen LogP contribution in [0.4, 0.5) is 10.6 Å². The molecule has 0 saturated carbocycles. The summed E-state index contributed by atoms with van der Waals surface area (Å²) in [6.07, 6.45) is 3.91. The lowest BCUT2D eigenvalue weighted by Crippen LogP contribution is -2.35. The number of hydrogen-bond donors (Lipinski definition) is 2. The van der Waals surface area contributed by atoms with Crippen molar-refractivity contribution in [1.82, 2.24) is 29.4 Å². The SMILES string of the molecule is Cc1nc2ccc(C#Cc3cn([C@H]4CCN(C(=O)OC(C)(C)C)C4)c4ncnc(N)c34)cc2[nH]1. The minimum absolute atomic E-state index is 0.0455. The molecule has 1 fully saturated rings. The molecule has 1 aromatic carbocycles. The number of aryl methyl sites for hydroxylation is 1. The van der Waals surface area contributed by atoms with Gasteiger partial charge in [0.1, 0.15) is 29.2 Å². The molecule has 9 heteroatoms. The zero-order valence-corrected chi connectivity index (χ0v) is 19.7. The van der Waals surface area contributed by atoms with Crippen LogP contribution in [0.3, 0.4) is 0 Å². The van der Waals surface area contributed by atoms with Crippen LogP contribution in [0.2, 0.25) is 0 Å². The van der Waals surface area contributed by atoms with Gasteiger partial charge in [0.05, 0.1) is 28.0 Å². The molecule has 1 saturated heterocycles. The summed E-state index contributed by atoms with van der Waals surface area (Å²) in [5.41, 5.74) is 9.89. The first-order valence-corrected chi connectivity index (χ1v) is 11.3. The summed E-state index contributed by atoms with van der Waals surface area (Å²) in [7, 11) is 0. The third kappa shape index (κ3) is 4.15. The van der Waals surface area contributed by atoms with Crippen LogP contribution in [0, 0.1) is 18.8 Å². The summed E-state index contributed by atoms with van der Waals surface area (Å²) < 4.78 is 7.60. The number of nitrogens with zero attached hydrogens (tertiary/aromatic N) is 5. The van der Waals surface area contributed by atoms with Crippen molar-refractivity contribution < 1.29 is 9.53 Å². The second-order valence-corrected chi connectivity index (χ2v) is 9.58. The zero-order valence-electron chi connectivity index (χ0n) is 19.7. The van der Waals surface area contributed by atoms with Gasteiger partial charge < -0.3 is 24.9 Å². The molecule has 1 atom stereocenters. The number of aromatic nitrogens is 5. The van der Waals surface area contributed by atoms with E-state index in [0.717, 1.165) is 39.8 Å². The van der Waals surface area contributed by atoms with Gasteiger partial charge in [0.25, 0.3) is 0 Å². The molecule has 1 aliphatic rings. The second-order valence-electron chi connectivity index (χ2n) is 9.58. The second kappa shape index (κ2) is 8.06. The number of nitrogens with one attached hydrogen (secondary N) is 1. The highest BCUT2D eigenvalue weighted by atomic mass is 16.6. The number of ether oxygens (including phenoxy) is 1. The third-order valence-electron chi connectivity index (χ3n) is 5.79. The van der Waals surface area contributed by atoms with Gasteiger partial charge in [-0.2, -0.15) is 0 Å². The first-order chi connectivity index (χ1) is 16.2. The molecular formula is C25H27N7O2. The Morgan fingerprint density at radius 2 is 2.09 bits per heavy atom. The highest BCUT2D eigenvalue weighted by Gasteiger charge is 2.32. The molecule has 0 aliphatic carbocycles. The smallest absolute Gasteiger partial charge is 0.410 e. The first-order valence-electron chi connectivity index (χ1n) is 11.3. The Labute approximate surface area is 197 Å². The maximum atomic E-state index is 12.5. The van der Waals surface area contributed by atoms with Gasteiger partial charge in [-0.3, -0.25) is 0 Å². The number of rotatable bonds is 1. The molecule has 1 amide bonds. The number of hydrogen-bond acceptors (Lipinski definition) is 6. The highest BCUT2D eigenvalue weighted by molar-refractivity contribution is 5.92. The van der Waals surface area contributed by atoms with E-state index in [1.807, 2.05) is 52.1 Å². The monoisotopic (exact) mass is 457 g/mol. The van der Waals surface area contributed by atoms with E-state index in [9.17, 15) is 4.79 Å². The molecule has 0 spiro atoms. The van der Waals surface area contributed by atoms with Crippen molar-refractivity contribution >= 4 is 34.0 Å². The first kappa shape index (κ1) is 21.8. The van der Waals surface area contributed by atoms with Crippen molar-refractivity contribution in [1.29, 1.82) is 0 Å². The minimum atomic E-state index is -0.530. The molecule has 1 aliphatic heterocycles. The van der Waals surface area contributed by atoms with Crippen LogP contribution in [0.25, 0.3) is 22.1 Å². The van der Waals surface area contributed by atoms with Gasteiger partial charge in [-0.05, 0) is 52.3 Å². The van der Waals surface area contributed by atoms with Crippen molar-refractivity contribution in [3.63, 3.8) is 0 Å². The van der Waals surface area contributed by atoms with Crippen LogP contribution in [0.1, 0.15) is 50.2 Å². The molecule has 0 unspecified atom stereocenters. The quantitative estimate of drug-likeness (QED) is 0.420. The molecule has 3 aromatic heterocycles. The predicted octanol–water partition coefficient (Wildman–Crippen LogP) is 3.78. The fourth-order valence-electron chi connectivity index (χ4n) is 4.30. The number of amides is 1. The van der Waals surface area contributed by atoms with Gasteiger partial charge in [0.2, 0.25) is 0 Å². The number of anilines is 1. The fraction of sp³-hybridized carbons (Fsp3) is 0.360. The van der Waals surface area contributed by atoms with Crippen LogP contribution in [-0.2, 0) is 4.74 Å². The summed E-state index contributed by atoms with van der Waals surface area (Å²) in [5.74, 6) is 7.74. The summed E-state index contributed by atoms with van der Waals surface area (Å²) in [4.78, 5) is 30.6. The van der Waals surface area contributed by atoms with E-state index in [-0.39, 0.29) is 12.1 Å². The van der Waals surface area contributed by atoms with Gasteiger partial charge in [-0.15, -0.1) is 0 Å². The summed E-state index contributed by atoms with van der Waals surface area (Å²) in [5, 5.41) is 0.726. The van der Waals surface area contributed by atoms with Crippen molar-refractivity contribution in [2.24, 2.45) is 0 Å². The van der Waals surface area contributed by atoms with E-state index in [4.69, 9.17) is 10.5 Å². The Morgan fingerprint density at radius 1 is 1.26 bits per heavy atom. The Bertz CT molecular complexity index is 1470. The maximum absolute atomic E-state index is 12.5. The van der Waals surface area contributed by atoms with E-state index in [1.54, 1.807) is 4.90 Å². The van der Waals surface area contributed by atoms with Crippen molar-refractivity contribution in [3.8, 4) is 11.8 Å². The Kier molecular flexibility index (Phi) is 5.16. The average molecular weight is 458 g/mol. The number of benzene rings is 1. The molecule has 3 N–H and O–H groups in total. The molecule has 0 bridgehead atoms. The van der Waals surface area contributed by atoms with Crippen molar-refractivity contribution in [3.05, 3.63) is 47.7 Å². The van der Waals surface area contributed by atoms with Crippen LogP contribution in [-0.4, -0.2) is 54.2 Å². The Hall–Kier alpha value is -4.06. The normalized spacial score (nSPS) is 16.1. The predicted molar refractivity (Wildman–Crippen MR) is 130 cm³/mol. The molecule has 4 aromatic rings. The fourth-order valence-corrected chi connectivity index (χ4v) is 4.30. The van der Waals surface area contributed by atoms with Crippen LogP contribution in [0.15, 0.2) is 30.7 Å². The Morgan fingerprint density at radius 3 is 2.88 bits per heavy atom. The maximum Gasteiger partial charge on any atom is 0.410 e. The Balaban J connectivity index is 1.47. The van der Waals surface area contributed by atoms with E-state index in [1.165, 1.54) is 6.33 Å². The number of carbonyl (C=O) groups excluding carboxylic acids is 1. The highest BCUT2D eigenvalue weighted by Crippen LogP contribution is 2.31. The molecular weight excluding hydrogens is 430 g/mol. The number of aromatic amines is 1. The lowest BCUT2D eigenvalue weighted by Gasteiger charge is -2.24. The number of imidazole rings is 1. The van der Waals surface area contributed by atoms with Crippen molar-refractivity contribution in [2.75, 3.05) is 18.8 Å². The van der Waals surface area contributed by atoms with E-state index < -0.39 is 5.60 Å². The number of carbonyl (C=O) groups is 1. The summed E-state index contributed by atoms with van der Waals surface area (Å²) in [6.45, 7) is 8.68. The number of likely N-dealkylation sites (tertiary alicyclic amines) is 1. The average Bonchev–Trinajstić information content (AvgIpc) is 3.47. The third-order valence-corrected chi connectivity index (χ3v) is 5.79. The van der Waals surface area contributed by atoms with E-state index >= 15 is 0 Å². The number of H-pyrrole nitrogens is 1. The molecule has 9 nitrogen and oxygen atoms in total. The molecule has 4 heterocycles. The van der Waals surface area contributed by atoms with Gasteiger partial charge in [-0.1, -0.05) is 11.8 Å². The van der Waals surface area contributed by atoms with Gasteiger partial charge in [0, 0.05) is 24.8 Å². The molecule has 0 radical (unpaired) electrons. The number of fused-ring (bicyclic) bond motifs is 2. The van der Waals surface area contributed by atoms with Gasteiger partial charge in [-0.25, -0.2) is 19.7 Å². The van der Waals surface area contributed by atoms with E-state index in [0.29, 0.717) is 24.6 Å². The standard InChI is InChI=1S/C25H27N7O2/c1-15-29-19-8-6-16(11-20(19)30-15)5-7-17-12-32(23-21(17)22(26)27-14-28-23)18-9-10-31(13-18)24(33)34-25(2,3)4/h6,8,11-12,14,18H,9-10,13H2,1-4H3,(H,29,30)(H2,26,27,28)/t18-/m0/s1. The van der Waals surface area contributed by atoms with Gasteiger partial charge in [0.15, 0.2) is 0 Å². The van der Waals surface area contributed by atoms with Crippen LogP contribution >= 0.6 is 0 Å². The largest absolute Gasteiger partial charge is 0.444 e. The summed E-state index contributed by atoms with van der Waals surface area (Å²) >= 11 is 0. The molecule has 5 rings (SSSR count).